The topological polar surface area (TPSA) is 29.4 Å². The molecule has 0 amide bonds. The fraction of sp³-hybridized carbons (Fsp3) is 0.500. The Morgan fingerprint density at radius 1 is 1.36 bits per heavy atom. The van der Waals surface area contributed by atoms with Crippen LogP contribution < -0.4 is 0 Å². The van der Waals surface area contributed by atoms with Crippen LogP contribution in [0.15, 0.2) is 39.6 Å². The molecule has 1 aliphatic carbocycles. The average Bonchev–Trinajstić information content (AvgIpc) is 2.27. The number of allylic oxidation sites excluding steroid dienone is 4. The summed E-state index contributed by atoms with van der Waals surface area (Å²) in [7, 11) is 0. The molecule has 76 valence electrons. The van der Waals surface area contributed by atoms with Crippen molar-refractivity contribution in [1.29, 1.82) is 0 Å². The fourth-order valence-corrected chi connectivity index (χ4v) is 1.75. The Bertz CT molecular complexity index is 321. The zero-order valence-corrected chi connectivity index (χ0v) is 9.13. The van der Waals surface area contributed by atoms with Crippen LogP contribution in [0.25, 0.3) is 0 Å². The minimum atomic E-state index is 0.291. The van der Waals surface area contributed by atoms with Crippen LogP contribution in [0, 0.1) is 4.91 Å². The van der Waals surface area contributed by atoms with E-state index < -0.39 is 0 Å². The van der Waals surface area contributed by atoms with Gasteiger partial charge in [0.15, 0.2) is 0 Å². The third-order valence-corrected chi connectivity index (χ3v) is 2.54. The highest BCUT2D eigenvalue weighted by Gasteiger charge is 2.06. The van der Waals surface area contributed by atoms with Crippen molar-refractivity contribution in [2.24, 2.45) is 5.18 Å². The molecule has 0 aromatic carbocycles. The van der Waals surface area contributed by atoms with Crippen molar-refractivity contribution < 1.29 is 0 Å². The summed E-state index contributed by atoms with van der Waals surface area (Å²) in [6, 6.07) is 0. The lowest BCUT2D eigenvalue weighted by atomic mass is 10.0. The zero-order chi connectivity index (χ0) is 10.6. The maximum Gasteiger partial charge on any atom is 0.106 e. The third kappa shape index (κ3) is 2.66. The fourth-order valence-electron chi connectivity index (χ4n) is 1.75. The predicted octanol–water partition coefficient (Wildman–Crippen LogP) is 3.76. The maximum atomic E-state index is 10.3. The second-order valence-corrected chi connectivity index (χ2v) is 3.82. The Morgan fingerprint density at radius 3 is 2.64 bits per heavy atom. The van der Waals surface area contributed by atoms with E-state index in [9.17, 15) is 4.91 Å². The first-order valence-corrected chi connectivity index (χ1v) is 5.02. The summed E-state index contributed by atoms with van der Waals surface area (Å²) in [6.45, 7) is 6.61. The SMILES string of the molecule is CCC1=CC(CN=O)=C(C)C=C(C)C1. The van der Waals surface area contributed by atoms with Crippen LogP contribution in [-0.2, 0) is 0 Å². The van der Waals surface area contributed by atoms with E-state index in [0.717, 1.165) is 18.4 Å². The second kappa shape index (κ2) is 4.89. The van der Waals surface area contributed by atoms with E-state index in [2.05, 4.69) is 31.2 Å². The third-order valence-electron chi connectivity index (χ3n) is 2.54. The number of hydrogen-bond donors (Lipinski definition) is 0. The molecule has 0 bridgehead atoms. The number of nitroso groups, excluding NO2 is 1. The van der Waals surface area contributed by atoms with Gasteiger partial charge in [-0.25, -0.2) is 0 Å². The lowest BCUT2D eigenvalue weighted by molar-refractivity contribution is 0.987. The summed E-state index contributed by atoms with van der Waals surface area (Å²) in [4.78, 5) is 10.3. The molecule has 0 atom stereocenters. The van der Waals surface area contributed by atoms with Gasteiger partial charge in [-0.1, -0.05) is 35.4 Å². The van der Waals surface area contributed by atoms with Crippen molar-refractivity contribution in [3.63, 3.8) is 0 Å². The monoisotopic (exact) mass is 191 g/mol. The van der Waals surface area contributed by atoms with Crippen molar-refractivity contribution >= 4 is 0 Å². The van der Waals surface area contributed by atoms with Crippen molar-refractivity contribution in [2.45, 2.75) is 33.6 Å². The molecule has 0 aromatic heterocycles. The van der Waals surface area contributed by atoms with E-state index in [-0.39, 0.29) is 0 Å². The van der Waals surface area contributed by atoms with Gasteiger partial charge >= 0.3 is 0 Å². The summed E-state index contributed by atoms with van der Waals surface area (Å²) < 4.78 is 0. The van der Waals surface area contributed by atoms with Gasteiger partial charge in [0, 0.05) is 0 Å². The Morgan fingerprint density at radius 2 is 2.07 bits per heavy atom. The van der Waals surface area contributed by atoms with Crippen LogP contribution in [0.3, 0.4) is 0 Å². The van der Waals surface area contributed by atoms with Crippen LogP contribution >= 0.6 is 0 Å². The van der Waals surface area contributed by atoms with E-state index in [1.807, 2.05) is 6.92 Å². The van der Waals surface area contributed by atoms with Crippen molar-refractivity contribution in [2.75, 3.05) is 6.54 Å². The van der Waals surface area contributed by atoms with Gasteiger partial charge in [0.2, 0.25) is 0 Å². The van der Waals surface area contributed by atoms with Crippen molar-refractivity contribution in [3.8, 4) is 0 Å². The molecule has 0 fully saturated rings. The Kier molecular flexibility index (Phi) is 3.81. The van der Waals surface area contributed by atoms with Gasteiger partial charge in [0.1, 0.15) is 6.54 Å². The summed E-state index contributed by atoms with van der Waals surface area (Å²) in [5.74, 6) is 0. The molecular weight excluding hydrogens is 174 g/mol. The first-order valence-electron chi connectivity index (χ1n) is 5.02. The highest BCUT2D eigenvalue weighted by atomic mass is 16.3. The van der Waals surface area contributed by atoms with E-state index >= 15 is 0 Å². The molecule has 0 aliphatic heterocycles. The lowest BCUT2D eigenvalue weighted by Crippen LogP contribution is -1.88. The van der Waals surface area contributed by atoms with Crippen LogP contribution in [0.4, 0.5) is 0 Å². The molecule has 2 nitrogen and oxygen atoms in total. The van der Waals surface area contributed by atoms with Gasteiger partial charge in [-0.05, 0) is 37.8 Å². The van der Waals surface area contributed by atoms with Gasteiger partial charge in [-0.15, -0.1) is 0 Å². The maximum absolute atomic E-state index is 10.3. The smallest absolute Gasteiger partial charge is 0.106 e. The summed E-state index contributed by atoms with van der Waals surface area (Å²) >= 11 is 0. The summed E-state index contributed by atoms with van der Waals surface area (Å²) in [5, 5.41) is 2.96. The van der Waals surface area contributed by atoms with Crippen LogP contribution in [0.2, 0.25) is 0 Å². The number of hydrogen-bond acceptors (Lipinski definition) is 2. The summed E-state index contributed by atoms with van der Waals surface area (Å²) in [6.07, 6.45) is 6.35. The molecule has 1 aliphatic rings. The predicted molar refractivity (Wildman–Crippen MR) is 60.1 cm³/mol. The van der Waals surface area contributed by atoms with Crippen molar-refractivity contribution in [3.05, 3.63) is 39.4 Å². The van der Waals surface area contributed by atoms with E-state index in [4.69, 9.17) is 0 Å². The van der Waals surface area contributed by atoms with Gasteiger partial charge in [-0.2, -0.15) is 4.91 Å². The molecule has 0 saturated heterocycles. The van der Waals surface area contributed by atoms with Crippen molar-refractivity contribution in [1.82, 2.24) is 0 Å². The Labute approximate surface area is 85.4 Å². The Balaban J connectivity index is 3.05. The molecule has 1 rings (SSSR count). The minimum absolute atomic E-state index is 0.291. The minimum Gasteiger partial charge on any atom is -0.150 e. The molecule has 0 spiro atoms. The molecule has 0 aromatic rings. The van der Waals surface area contributed by atoms with Crippen LogP contribution in [0.1, 0.15) is 33.6 Å². The zero-order valence-electron chi connectivity index (χ0n) is 9.13. The van der Waals surface area contributed by atoms with E-state index in [1.54, 1.807) is 0 Å². The highest BCUT2D eigenvalue weighted by Crippen LogP contribution is 2.23. The molecule has 14 heavy (non-hydrogen) atoms. The molecule has 0 unspecified atom stereocenters. The van der Waals surface area contributed by atoms with E-state index in [0.29, 0.717) is 6.54 Å². The largest absolute Gasteiger partial charge is 0.150 e. The lowest BCUT2D eigenvalue weighted by Gasteiger charge is -2.02. The molecule has 0 saturated carbocycles. The first kappa shape index (κ1) is 10.9. The van der Waals surface area contributed by atoms with Gasteiger partial charge in [-0.3, -0.25) is 0 Å². The van der Waals surface area contributed by atoms with Crippen LogP contribution in [-0.4, -0.2) is 6.54 Å². The standard InChI is InChI=1S/C12H17NO/c1-4-11-6-9(2)5-10(3)12(7-11)8-13-14/h5,7H,4,6,8H2,1-3H3. The molecule has 0 heterocycles. The Hall–Kier alpha value is -1.18. The van der Waals surface area contributed by atoms with Gasteiger partial charge in [0.25, 0.3) is 0 Å². The van der Waals surface area contributed by atoms with Gasteiger partial charge in [0.05, 0.1) is 0 Å². The molecule has 2 heteroatoms. The highest BCUT2D eigenvalue weighted by molar-refractivity contribution is 5.40. The quantitative estimate of drug-likeness (QED) is 0.624. The molecule has 0 N–H and O–H groups in total. The first-order chi connectivity index (χ1) is 6.67. The number of nitrogens with zero attached hydrogens (tertiary/aromatic N) is 1. The average molecular weight is 191 g/mol. The van der Waals surface area contributed by atoms with Gasteiger partial charge < -0.3 is 0 Å². The summed E-state index contributed by atoms with van der Waals surface area (Å²) in [5.41, 5.74) is 4.98. The molecule has 0 radical (unpaired) electrons. The normalized spacial score (nSPS) is 17.4. The number of rotatable bonds is 3. The molecular formula is C12H17NO. The second-order valence-electron chi connectivity index (χ2n) is 3.82. The van der Waals surface area contributed by atoms with E-state index in [1.165, 1.54) is 16.7 Å². The van der Waals surface area contributed by atoms with Crippen LogP contribution in [0.5, 0.6) is 0 Å².